The zero-order chi connectivity index (χ0) is 19.3. The predicted molar refractivity (Wildman–Crippen MR) is 111 cm³/mol. The smallest absolute Gasteiger partial charge is 0.238 e. The van der Waals surface area contributed by atoms with Crippen LogP contribution in [0.15, 0.2) is 54.6 Å². The minimum atomic E-state index is -0.0148. The Kier molecular flexibility index (Phi) is 5.72. The Hall–Kier alpha value is -2.66. The van der Waals surface area contributed by atoms with Crippen LogP contribution in [0.25, 0.3) is 0 Å². The Morgan fingerprint density at radius 3 is 2.57 bits per heavy atom. The number of nitrogens with zero attached hydrogens (tertiary/aromatic N) is 2. The maximum absolute atomic E-state index is 12.8. The molecule has 2 fully saturated rings. The second-order valence-electron chi connectivity index (χ2n) is 7.67. The molecule has 4 rings (SSSR count). The first kappa shape index (κ1) is 18.7. The van der Waals surface area contributed by atoms with Crippen molar-refractivity contribution in [3.63, 3.8) is 0 Å². The number of anilines is 2. The molecule has 2 aromatic carbocycles. The first-order valence-electron chi connectivity index (χ1n) is 10.2. The van der Waals surface area contributed by atoms with Gasteiger partial charge in [-0.15, -0.1) is 0 Å². The van der Waals surface area contributed by atoms with E-state index in [0.29, 0.717) is 19.0 Å². The van der Waals surface area contributed by atoms with Gasteiger partial charge in [-0.3, -0.25) is 14.5 Å². The summed E-state index contributed by atoms with van der Waals surface area (Å²) in [5.74, 6) is 0.114. The number of hydrogen-bond donors (Lipinski definition) is 1. The molecular weight excluding hydrogens is 350 g/mol. The molecule has 1 atom stereocenters. The monoisotopic (exact) mass is 377 g/mol. The molecule has 1 N–H and O–H groups in total. The molecule has 2 aliphatic heterocycles. The minimum Gasteiger partial charge on any atom is -0.323 e. The molecular formula is C23H27N3O2. The molecule has 2 amide bonds. The van der Waals surface area contributed by atoms with Crippen molar-refractivity contribution < 1.29 is 9.59 Å². The lowest BCUT2D eigenvalue weighted by Crippen LogP contribution is -2.38. The van der Waals surface area contributed by atoms with Crippen LogP contribution in [0.5, 0.6) is 0 Å². The Morgan fingerprint density at radius 1 is 1.00 bits per heavy atom. The lowest BCUT2D eigenvalue weighted by Gasteiger charge is -2.25. The molecule has 2 heterocycles. The largest absolute Gasteiger partial charge is 0.323 e. The number of para-hydroxylation sites is 2. The zero-order valence-corrected chi connectivity index (χ0v) is 16.1. The molecule has 0 aliphatic carbocycles. The van der Waals surface area contributed by atoms with Gasteiger partial charge in [0.1, 0.15) is 0 Å². The third-order valence-corrected chi connectivity index (χ3v) is 5.70. The average Bonchev–Trinajstić information content (AvgIpc) is 3.32. The van der Waals surface area contributed by atoms with Crippen LogP contribution in [0.4, 0.5) is 11.4 Å². The van der Waals surface area contributed by atoms with E-state index in [4.69, 9.17) is 0 Å². The lowest BCUT2D eigenvalue weighted by molar-refractivity contribution is -0.118. The van der Waals surface area contributed by atoms with Crippen molar-refractivity contribution >= 4 is 23.2 Å². The van der Waals surface area contributed by atoms with Crippen LogP contribution in [0.2, 0.25) is 0 Å². The maximum Gasteiger partial charge on any atom is 0.238 e. The summed E-state index contributed by atoms with van der Waals surface area (Å²) >= 11 is 0. The summed E-state index contributed by atoms with van der Waals surface area (Å²) in [5, 5.41) is 3.04. The van der Waals surface area contributed by atoms with Crippen molar-refractivity contribution in [2.24, 2.45) is 0 Å². The molecule has 1 unspecified atom stereocenters. The summed E-state index contributed by atoms with van der Waals surface area (Å²) in [7, 11) is 0. The Bertz CT molecular complexity index is 837. The van der Waals surface area contributed by atoms with Gasteiger partial charge in [-0.2, -0.15) is 0 Å². The third-order valence-electron chi connectivity index (χ3n) is 5.70. The highest BCUT2D eigenvalue weighted by molar-refractivity contribution is 6.02. The van der Waals surface area contributed by atoms with Crippen molar-refractivity contribution in [3.05, 3.63) is 60.2 Å². The van der Waals surface area contributed by atoms with Gasteiger partial charge in [0.05, 0.1) is 17.9 Å². The number of likely N-dealkylation sites (tertiary alicyclic amines) is 1. The minimum absolute atomic E-state index is 0.0148. The summed E-state index contributed by atoms with van der Waals surface area (Å²) in [6, 6.07) is 18.5. The SMILES string of the molecule is O=C(CN1CCCC1Cc1ccccc1)Nc1ccccc1N1CCCC1=O. The van der Waals surface area contributed by atoms with Crippen molar-refractivity contribution in [2.75, 3.05) is 29.9 Å². The number of nitrogens with one attached hydrogen (secondary N) is 1. The fourth-order valence-electron chi connectivity index (χ4n) is 4.31. The van der Waals surface area contributed by atoms with Gasteiger partial charge >= 0.3 is 0 Å². The molecule has 2 aromatic rings. The molecule has 28 heavy (non-hydrogen) atoms. The van der Waals surface area contributed by atoms with Gasteiger partial charge in [-0.1, -0.05) is 42.5 Å². The quantitative estimate of drug-likeness (QED) is 0.839. The Morgan fingerprint density at radius 2 is 1.79 bits per heavy atom. The molecule has 2 aliphatic rings. The van der Waals surface area contributed by atoms with Gasteiger partial charge in [0.2, 0.25) is 11.8 Å². The van der Waals surface area contributed by atoms with Crippen LogP contribution in [-0.2, 0) is 16.0 Å². The standard InChI is InChI=1S/C23H27N3O2/c27-22(17-25-14-6-10-19(25)16-18-8-2-1-3-9-18)24-20-11-4-5-12-21(20)26-15-7-13-23(26)28/h1-5,8-9,11-12,19H,6-7,10,13-17H2,(H,24,27). The van der Waals surface area contributed by atoms with Crippen LogP contribution in [0.3, 0.4) is 0 Å². The second kappa shape index (κ2) is 8.57. The molecule has 5 heteroatoms. The fraction of sp³-hybridized carbons (Fsp3) is 0.391. The first-order valence-corrected chi connectivity index (χ1v) is 10.2. The first-order chi connectivity index (χ1) is 13.7. The summed E-state index contributed by atoms with van der Waals surface area (Å²) in [6.45, 7) is 2.06. The van der Waals surface area contributed by atoms with Gasteiger partial charge in [-0.25, -0.2) is 0 Å². The maximum atomic E-state index is 12.8. The van der Waals surface area contributed by atoms with E-state index >= 15 is 0 Å². The lowest BCUT2D eigenvalue weighted by atomic mass is 10.0. The Balaban J connectivity index is 1.40. The molecule has 0 spiro atoms. The van der Waals surface area contributed by atoms with E-state index in [1.807, 2.05) is 30.3 Å². The fourth-order valence-corrected chi connectivity index (χ4v) is 4.31. The normalized spacial score (nSPS) is 19.9. The summed E-state index contributed by atoms with van der Waals surface area (Å²) in [5.41, 5.74) is 2.85. The number of amides is 2. The van der Waals surface area contributed by atoms with E-state index in [0.717, 1.165) is 50.1 Å². The van der Waals surface area contributed by atoms with Crippen LogP contribution < -0.4 is 10.2 Å². The van der Waals surface area contributed by atoms with Crippen molar-refractivity contribution in [1.82, 2.24) is 4.90 Å². The van der Waals surface area contributed by atoms with Gasteiger partial charge in [-0.05, 0) is 49.9 Å². The van der Waals surface area contributed by atoms with E-state index in [1.54, 1.807) is 4.90 Å². The molecule has 2 saturated heterocycles. The highest BCUT2D eigenvalue weighted by Crippen LogP contribution is 2.29. The van der Waals surface area contributed by atoms with Crippen molar-refractivity contribution in [3.8, 4) is 0 Å². The third kappa shape index (κ3) is 4.25. The molecule has 0 radical (unpaired) electrons. The predicted octanol–water partition coefficient (Wildman–Crippen LogP) is 3.46. The van der Waals surface area contributed by atoms with Crippen molar-refractivity contribution in [2.45, 2.75) is 38.1 Å². The van der Waals surface area contributed by atoms with Crippen molar-refractivity contribution in [1.29, 1.82) is 0 Å². The van der Waals surface area contributed by atoms with E-state index in [2.05, 4.69) is 34.5 Å². The van der Waals surface area contributed by atoms with Gasteiger partial charge in [0.15, 0.2) is 0 Å². The molecule has 5 nitrogen and oxygen atoms in total. The highest BCUT2D eigenvalue weighted by Gasteiger charge is 2.27. The summed E-state index contributed by atoms with van der Waals surface area (Å²) in [6.07, 6.45) is 4.69. The average molecular weight is 377 g/mol. The van der Waals surface area contributed by atoms with Gasteiger partial charge in [0.25, 0.3) is 0 Å². The zero-order valence-electron chi connectivity index (χ0n) is 16.1. The Labute approximate surface area is 166 Å². The summed E-state index contributed by atoms with van der Waals surface area (Å²) in [4.78, 5) is 28.9. The van der Waals surface area contributed by atoms with E-state index in [-0.39, 0.29) is 11.8 Å². The molecule has 0 bridgehead atoms. The number of benzene rings is 2. The van der Waals surface area contributed by atoms with E-state index in [9.17, 15) is 9.59 Å². The number of carbonyl (C=O) groups excluding carboxylic acids is 2. The second-order valence-corrected chi connectivity index (χ2v) is 7.67. The number of carbonyl (C=O) groups is 2. The van der Waals surface area contributed by atoms with Gasteiger partial charge < -0.3 is 10.2 Å². The molecule has 0 aromatic heterocycles. The van der Waals surface area contributed by atoms with E-state index in [1.165, 1.54) is 5.56 Å². The number of rotatable bonds is 6. The number of hydrogen-bond acceptors (Lipinski definition) is 3. The van der Waals surface area contributed by atoms with E-state index < -0.39 is 0 Å². The molecule has 0 saturated carbocycles. The van der Waals surface area contributed by atoms with Crippen LogP contribution in [0.1, 0.15) is 31.2 Å². The summed E-state index contributed by atoms with van der Waals surface area (Å²) < 4.78 is 0. The van der Waals surface area contributed by atoms with Crippen LogP contribution in [0, 0.1) is 0 Å². The topological polar surface area (TPSA) is 52.7 Å². The molecule has 146 valence electrons. The van der Waals surface area contributed by atoms with Crippen LogP contribution >= 0.6 is 0 Å². The highest BCUT2D eigenvalue weighted by atomic mass is 16.2. The van der Waals surface area contributed by atoms with Crippen LogP contribution in [-0.4, -0.2) is 42.4 Å². The van der Waals surface area contributed by atoms with Gasteiger partial charge in [0, 0.05) is 19.0 Å².